The van der Waals surface area contributed by atoms with Gasteiger partial charge in [0.15, 0.2) is 5.82 Å². The molecule has 0 bridgehead atoms. The van der Waals surface area contributed by atoms with Crippen LogP contribution in [0.5, 0.6) is 0 Å². The summed E-state index contributed by atoms with van der Waals surface area (Å²) in [7, 11) is 1.89. The van der Waals surface area contributed by atoms with Gasteiger partial charge in [0.05, 0.1) is 24.3 Å². The number of hydrogen-bond acceptors (Lipinski definition) is 8. The predicted octanol–water partition coefficient (Wildman–Crippen LogP) is 0.950. The number of fused-ring (bicyclic) bond motifs is 1. The van der Waals surface area contributed by atoms with Crippen molar-refractivity contribution in [2.75, 3.05) is 36.0 Å². The van der Waals surface area contributed by atoms with Gasteiger partial charge in [-0.3, -0.25) is 14.1 Å². The largest absolute Gasteiger partial charge is 0.352 e. The third-order valence-corrected chi connectivity index (χ3v) is 5.00. The third-order valence-electron chi connectivity index (χ3n) is 5.00. The van der Waals surface area contributed by atoms with E-state index in [1.165, 1.54) is 0 Å². The smallest absolute Gasteiger partial charge is 0.203 e. The first-order valence-electron chi connectivity index (χ1n) is 9.16. The van der Waals surface area contributed by atoms with Crippen molar-refractivity contribution in [2.24, 2.45) is 7.05 Å². The molecule has 1 saturated heterocycles. The Hall–Kier alpha value is -3.56. The number of rotatable bonds is 3. The second-order valence-electron chi connectivity index (χ2n) is 6.83. The van der Waals surface area contributed by atoms with E-state index < -0.39 is 0 Å². The molecule has 1 aliphatic heterocycles. The lowest BCUT2D eigenvalue weighted by atomic mass is 10.2. The van der Waals surface area contributed by atoms with E-state index in [0.29, 0.717) is 0 Å². The Bertz CT molecular complexity index is 1120. The number of piperazine rings is 1. The maximum Gasteiger partial charge on any atom is 0.203 e. The van der Waals surface area contributed by atoms with Gasteiger partial charge < -0.3 is 9.80 Å². The Labute approximate surface area is 161 Å². The van der Waals surface area contributed by atoms with Gasteiger partial charge in [-0.2, -0.15) is 5.10 Å². The van der Waals surface area contributed by atoms with E-state index in [4.69, 9.17) is 4.98 Å². The molecule has 0 saturated carbocycles. The molecular weight excluding hydrogens is 356 g/mol. The van der Waals surface area contributed by atoms with Crippen LogP contribution in [0.4, 0.5) is 11.6 Å². The van der Waals surface area contributed by atoms with Crippen LogP contribution in [0.15, 0.2) is 37.2 Å². The highest BCUT2D eigenvalue weighted by atomic mass is 15.3. The summed E-state index contributed by atoms with van der Waals surface area (Å²) >= 11 is 0. The molecule has 10 heteroatoms. The summed E-state index contributed by atoms with van der Waals surface area (Å²) in [5.74, 6) is 2.61. The lowest BCUT2D eigenvalue weighted by Gasteiger charge is -2.35. The summed E-state index contributed by atoms with van der Waals surface area (Å²) in [4.78, 5) is 18.2. The summed E-state index contributed by atoms with van der Waals surface area (Å²) in [6, 6.07) is 0. The zero-order chi connectivity index (χ0) is 19.1. The molecule has 142 valence electrons. The maximum atomic E-state index is 4.78. The standard InChI is InChI=1S/C18H20N10/c1-13-23-24-18-17(20-3-4-28(13)18)27-7-5-26(6-8-27)16-11-19-10-15(22-16)14-9-21-25(2)12-14/h3-4,9-12H,5-8H2,1-2H3. The van der Waals surface area contributed by atoms with Crippen LogP contribution in [0.3, 0.4) is 0 Å². The first-order chi connectivity index (χ1) is 13.7. The van der Waals surface area contributed by atoms with E-state index in [2.05, 4.69) is 35.1 Å². The summed E-state index contributed by atoms with van der Waals surface area (Å²) in [5.41, 5.74) is 2.60. The fourth-order valence-electron chi connectivity index (χ4n) is 3.50. The van der Waals surface area contributed by atoms with Gasteiger partial charge in [-0.25, -0.2) is 9.97 Å². The number of anilines is 2. The normalized spacial score (nSPS) is 14.8. The molecule has 0 spiro atoms. The van der Waals surface area contributed by atoms with Crippen molar-refractivity contribution in [2.45, 2.75) is 6.92 Å². The van der Waals surface area contributed by atoms with Crippen molar-refractivity contribution in [1.82, 2.24) is 39.3 Å². The molecule has 4 aromatic rings. The fraction of sp³-hybridized carbons (Fsp3) is 0.333. The average Bonchev–Trinajstić information content (AvgIpc) is 3.34. The van der Waals surface area contributed by atoms with Crippen molar-refractivity contribution < 1.29 is 0 Å². The van der Waals surface area contributed by atoms with Crippen LogP contribution >= 0.6 is 0 Å². The quantitative estimate of drug-likeness (QED) is 0.522. The zero-order valence-electron chi connectivity index (χ0n) is 15.8. The van der Waals surface area contributed by atoms with Crippen molar-refractivity contribution in [3.05, 3.63) is 43.0 Å². The molecule has 28 heavy (non-hydrogen) atoms. The van der Waals surface area contributed by atoms with E-state index in [-0.39, 0.29) is 0 Å². The van der Waals surface area contributed by atoms with E-state index >= 15 is 0 Å². The van der Waals surface area contributed by atoms with Crippen LogP contribution in [-0.2, 0) is 7.05 Å². The number of aryl methyl sites for hydroxylation is 2. The van der Waals surface area contributed by atoms with Gasteiger partial charge >= 0.3 is 0 Å². The number of aromatic nitrogens is 8. The summed E-state index contributed by atoms with van der Waals surface area (Å²) in [6.45, 7) is 5.27. The van der Waals surface area contributed by atoms with Crippen LogP contribution in [0.1, 0.15) is 5.82 Å². The number of nitrogens with zero attached hydrogens (tertiary/aromatic N) is 10. The molecule has 0 aromatic carbocycles. The Morgan fingerprint density at radius 2 is 1.79 bits per heavy atom. The molecule has 0 amide bonds. The first-order valence-corrected chi connectivity index (χ1v) is 9.16. The first kappa shape index (κ1) is 16.6. The van der Waals surface area contributed by atoms with Gasteiger partial charge in [-0.15, -0.1) is 10.2 Å². The summed E-state index contributed by atoms with van der Waals surface area (Å²) < 4.78 is 3.74. The van der Waals surface area contributed by atoms with Crippen LogP contribution < -0.4 is 9.80 Å². The van der Waals surface area contributed by atoms with Crippen LogP contribution in [0.2, 0.25) is 0 Å². The second kappa shape index (κ2) is 6.55. The fourth-order valence-corrected chi connectivity index (χ4v) is 3.50. The predicted molar refractivity (Wildman–Crippen MR) is 104 cm³/mol. The molecule has 10 nitrogen and oxygen atoms in total. The molecule has 0 N–H and O–H groups in total. The SMILES string of the molecule is Cc1nnc2c(N3CCN(c4cncc(-c5cnn(C)c5)n4)CC3)nccn12. The maximum absolute atomic E-state index is 4.78. The molecule has 0 radical (unpaired) electrons. The zero-order valence-corrected chi connectivity index (χ0v) is 15.8. The van der Waals surface area contributed by atoms with Gasteiger partial charge in [0.25, 0.3) is 0 Å². The molecule has 5 rings (SSSR count). The van der Waals surface area contributed by atoms with Crippen molar-refractivity contribution >= 4 is 17.3 Å². The molecular formula is C18H20N10. The van der Waals surface area contributed by atoms with Gasteiger partial charge in [-0.1, -0.05) is 0 Å². The molecule has 0 atom stereocenters. The molecule has 0 aliphatic carbocycles. The number of hydrogen-bond donors (Lipinski definition) is 0. The lowest BCUT2D eigenvalue weighted by Crippen LogP contribution is -2.47. The second-order valence-corrected chi connectivity index (χ2v) is 6.83. The van der Waals surface area contributed by atoms with Crippen molar-refractivity contribution in [3.8, 4) is 11.3 Å². The topological polar surface area (TPSA) is 93.2 Å². The highest BCUT2D eigenvalue weighted by Crippen LogP contribution is 2.22. The molecule has 0 unspecified atom stereocenters. The lowest BCUT2D eigenvalue weighted by molar-refractivity contribution is 0.641. The van der Waals surface area contributed by atoms with Gasteiger partial charge in [0, 0.05) is 57.4 Å². The minimum Gasteiger partial charge on any atom is -0.352 e. The average molecular weight is 376 g/mol. The summed E-state index contributed by atoms with van der Waals surface area (Å²) in [5, 5.41) is 12.7. The van der Waals surface area contributed by atoms with E-state index in [0.717, 1.165) is 60.5 Å². The van der Waals surface area contributed by atoms with Gasteiger partial charge in [0.2, 0.25) is 5.65 Å². The van der Waals surface area contributed by atoms with E-state index in [9.17, 15) is 0 Å². The molecule has 1 aliphatic rings. The Balaban J connectivity index is 1.35. The van der Waals surface area contributed by atoms with Gasteiger partial charge in [-0.05, 0) is 6.92 Å². The van der Waals surface area contributed by atoms with Crippen molar-refractivity contribution in [1.29, 1.82) is 0 Å². The highest BCUT2D eigenvalue weighted by Gasteiger charge is 2.22. The van der Waals surface area contributed by atoms with Crippen LogP contribution in [0.25, 0.3) is 16.9 Å². The minimum absolute atomic E-state index is 0.798. The molecule has 4 aromatic heterocycles. The van der Waals surface area contributed by atoms with E-state index in [1.54, 1.807) is 23.3 Å². The monoisotopic (exact) mass is 376 g/mol. The highest BCUT2D eigenvalue weighted by molar-refractivity contribution is 5.64. The summed E-state index contributed by atoms with van der Waals surface area (Å²) in [6.07, 6.45) is 11.0. The van der Waals surface area contributed by atoms with Crippen LogP contribution in [0, 0.1) is 6.92 Å². The third kappa shape index (κ3) is 2.82. The van der Waals surface area contributed by atoms with Gasteiger partial charge in [0.1, 0.15) is 11.6 Å². The minimum atomic E-state index is 0.798. The molecule has 1 fully saturated rings. The Kier molecular flexibility index (Phi) is 3.89. The molecule has 5 heterocycles. The van der Waals surface area contributed by atoms with E-state index in [1.807, 2.05) is 37.0 Å². The van der Waals surface area contributed by atoms with Crippen LogP contribution in [-0.4, -0.2) is 65.5 Å². The Morgan fingerprint density at radius 1 is 0.964 bits per heavy atom. The van der Waals surface area contributed by atoms with Crippen molar-refractivity contribution in [3.63, 3.8) is 0 Å². The Morgan fingerprint density at radius 3 is 2.57 bits per heavy atom.